The van der Waals surface area contributed by atoms with Gasteiger partial charge in [-0.2, -0.15) is 0 Å². The van der Waals surface area contributed by atoms with Gasteiger partial charge in [0.1, 0.15) is 12.2 Å². The van der Waals surface area contributed by atoms with Gasteiger partial charge in [0, 0.05) is 17.8 Å². The number of carbonyl (C=O) groups is 2. The highest BCUT2D eigenvalue weighted by Crippen LogP contribution is 2.54. The summed E-state index contributed by atoms with van der Waals surface area (Å²) in [5, 5.41) is 10.4. The van der Waals surface area contributed by atoms with Crippen molar-refractivity contribution in [3.63, 3.8) is 0 Å². The molecule has 4 rings (SSSR count). The van der Waals surface area contributed by atoms with Crippen molar-refractivity contribution in [3.05, 3.63) is 23.8 Å². The molecule has 0 unspecified atom stereocenters. The van der Waals surface area contributed by atoms with Crippen LogP contribution in [0.4, 0.5) is 0 Å². The lowest BCUT2D eigenvalue weighted by Crippen LogP contribution is -2.48. The van der Waals surface area contributed by atoms with E-state index in [1.54, 1.807) is 0 Å². The predicted molar refractivity (Wildman–Crippen MR) is 132 cm³/mol. The Hall–Kier alpha value is -1.62. The van der Waals surface area contributed by atoms with E-state index in [2.05, 4.69) is 32.1 Å². The molecule has 1 N–H and O–H groups in total. The lowest BCUT2D eigenvalue weighted by Gasteiger charge is -2.48. The minimum absolute atomic E-state index is 0.102. The molecule has 1 saturated carbocycles. The predicted octanol–water partition coefficient (Wildman–Crippen LogP) is 5.76. The molecule has 7 atom stereocenters. The molecule has 0 aromatic carbocycles. The van der Waals surface area contributed by atoms with Gasteiger partial charge in [-0.15, -0.1) is 0 Å². The summed E-state index contributed by atoms with van der Waals surface area (Å²) >= 11 is 0. The quantitative estimate of drug-likeness (QED) is 0.498. The summed E-state index contributed by atoms with van der Waals surface area (Å²) < 4.78 is 12.2. The van der Waals surface area contributed by atoms with Crippen LogP contribution in [0.2, 0.25) is 0 Å². The summed E-state index contributed by atoms with van der Waals surface area (Å²) in [5.41, 5.74) is 0.699. The molecule has 5 nitrogen and oxygen atoms in total. The van der Waals surface area contributed by atoms with Gasteiger partial charge in [0.05, 0.1) is 17.9 Å². The maximum atomic E-state index is 13.1. The van der Waals surface area contributed by atoms with E-state index < -0.39 is 11.5 Å². The molecule has 34 heavy (non-hydrogen) atoms. The largest absolute Gasteiger partial charge is 0.462 e. The van der Waals surface area contributed by atoms with E-state index in [4.69, 9.17) is 9.47 Å². The summed E-state index contributed by atoms with van der Waals surface area (Å²) in [7, 11) is 0. The SMILES string of the molecule is CCC(C)(C)C(=O)O[C@H]1C[C@@H](C)C=C2C=C[C@H](C)[C@H](CC3([C@@H]4C[C@@H](O)CC(=O)O4)CCCC3)[C@H]21. The van der Waals surface area contributed by atoms with E-state index in [9.17, 15) is 14.7 Å². The fourth-order valence-corrected chi connectivity index (χ4v) is 6.89. The summed E-state index contributed by atoms with van der Waals surface area (Å²) in [5.74, 6) is 0.804. The number of aliphatic hydroxyl groups is 1. The second kappa shape index (κ2) is 9.79. The van der Waals surface area contributed by atoms with Crippen molar-refractivity contribution in [2.75, 3.05) is 0 Å². The summed E-state index contributed by atoms with van der Waals surface area (Å²) in [6.45, 7) is 10.4. The molecule has 3 aliphatic carbocycles. The Morgan fingerprint density at radius 3 is 2.59 bits per heavy atom. The number of cyclic esters (lactones) is 1. The number of aliphatic hydroxyl groups excluding tert-OH is 1. The van der Waals surface area contributed by atoms with E-state index in [1.807, 2.05) is 20.8 Å². The fourth-order valence-electron chi connectivity index (χ4n) is 6.89. The van der Waals surface area contributed by atoms with Crippen LogP contribution in [0.3, 0.4) is 0 Å². The minimum atomic E-state index is -0.608. The van der Waals surface area contributed by atoms with Gasteiger partial charge in [-0.1, -0.05) is 51.8 Å². The first kappa shape index (κ1) is 25.5. The Kier molecular flexibility index (Phi) is 7.34. The summed E-state index contributed by atoms with van der Waals surface area (Å²) in [6, 6.07) is 0. The Bertz CT molecular complexity index is 833. The van der Waals surface area contributed by atoms with Gasteiger partial charge in [-0.3, -0.25) is 9.59 Å². The molecule has 0 amide bonds. The van der Waals surface area contributed by atoms with Crippen molar-refractivity contribution >= 4 is 11.9 Å². The van der Waals surface area contributed by atoms with Gasteiger partial charge in [0.2, 0.25) is 0 Å². The topological polar surface area (TPSA) is 72.8 Å². The molecule has 4 aliphatic rings. The van der Waals surface area contributed by atoms with Crippen LogP contribution in [0.1, 0.15) is 92.4 Å². The van der Waals surface area contributed by atoms with Crippen molar-refractivity contribution in [3.8, 4) is 0 Å². The van der Waals surface area contributed by atoms with Gasteiger partial charge >= 0.3 is 11.9 Å². The molecule has 0 spiro atoms. The second-order valence-electron chi connectivity index (χ2n) is 12.3. The molecule has 1 aliphatic heterocycles. The van der Waals surface area contributed by atoms with Gasteiger partial charge in [0.25, 0.3) is 0 Å². The maximum absolute atomic E-state index is 13.1. The standard InChI is InChI=1S/C29H44O5/c1-6-28(4,5)27(32)33-23-14-18(2)13-20-10-9-19(3)22(26(20)23)17-29(11-7-8-12-29)24-15-21(30)16-25(31)34-24/h9-10,13,18-19,21-24,26,30H,6-8,11-12,14-17H2,1-5H3/t18-,19-,21+,22-,23-,24-,26-/m0/s1. The van der Waals surface area contributed by atoms with Gasteiger partial charge < -0.3 is 14.6 Å². The van der Waals surface area contributed by atoms with Crippen LogP contribution in [-0.4, -0.2) is 35.4 Å². The number of allylic oxidation sites excluding steroid dienone is 3. The molecule has 2 fully saturated rings. The zero-order valence-electron chi connectivity index (χ0n) is 21.7. The Balaban J connectivity index is 1.64. The molecular weight excluding hydrogens is 428 g/mol. The van der Waals surface area contributed by atoms with Crippen LogP contribution in [0.5, 0.6) is 0 Å². The maximum Gasteiger partial charge on any atom is 0.311 e. The van der Waals surface area contributed by atoms with Crippen LogP contribution >= 0.6 is 0 Å². The Labute approximate surface area is 205 Å². The van der Waals surface area contributed by atoms with E-state index in [0.29, 0.717) is 24.2 Å². The number of fused-ring (bicyclic) bond motifs is 1. The number of esters is 2. The molecule has 5 heteroatoms. The highest BCUT2D eigenvalue weighted by atomic mass is 16.6. The molecule has 190 valence electrons. The Morgan fingerprint density at radius 2 is 1.94 bits per heavy atom. The molecular formula is C29H44O5. The fraction of sp³-hybridized carbons (Fsp3) is 0.793. The third-order valence-electron chi connectivity index (χ3n) is 9.38. The van der Waals surface area contributed by atoms with Gasteiger partial charge in [-0.25, -0.2) is 0 Å². The van der Waals surface area contributed by atoms with E-state index >= 15 is 0 Å². The highest BCUT2D eigenvalue weighted by Gasteiger charge is 2.51. The van der Waals surface area contributed by atoms with E-state index in [-0.39, 0.29) is 41.9 Å². The van der Waals surface area contributed by atoms with E-state index in [1.165, 1.54) is 5.57 Å². The lowest BCUT2D eigenvalue weighted by atomic mass is 9.60. The lowest BCUT2D eigenvalue weighted by molar-refractivity contribution is -0.174. The van der Waals surface area contributed by atoms with Crippen molar-refractivity contribution in [2.24, 2.45) is 34.5 Å². The average Bonchev–Trinajstić information content (AvgIpc) is 3.25. The van der Waals surface area contributed by atoms with Crippen molar-refractivity contribution in [1.29, 1.82) is 0 Å². The average molecular weight is 473 g/mol. The van der Waals surface area contributed by atoms with Gasteiger partial charge in [-0.05, 0) is 69.3 Å². The zero-order chi connectivity index (χ0) is 24.7. The first-order valence-corrected chi connectivity index (χ1v) is 13.5. The number of carbonyl (C=O) groups excluding carboxylic acids is 2. The molecule has 0 aromatic rings. The van der Waals surface area contributed by atoms with Crippen molar-refractivity contribution in [1.82, 2.24) is 0 Å². The molecule has 0 aromatic heterocycles. The number of rotatable bonds is 6. The summed E-state index contributed by atoms with van der Waals surface area (Å²) in [6.07, 6.45) is 13.5. The zero-order valence-corrected chi connectivity index (χ0v) is 21.7. The molecule has 0 radical (unpaired) electrons. The van der Waals surface area contributed by atoms with E-state index in [0.717, 1.165) is 44.9 Å². The number of hydrogen-bond acceptors (Lipinski definition) is 5. The molecule has 0 bridgehead atoms. The van der Waals surface area contributed by atoms with Crippen LogP contribution in [-0.2, 0) is 19.1 Å². The Morgan fingerprint density at radius 1 is 1.24 bits per heavy atom. The van der Waals surface area contributed by atoms with Crippen molar-refractivity contribution in [2.45, 2.75) is 111 Å². The third-order valence-corrected chi connectivity index (χ3v) is 9.38. The highest BCUT2D eigenvalue weighted by molar-refractivity contribution is 5.76. The second-order valence-corrected chi connectivity index (χ2v) is 12.3. The number of ether oxygens (including phenoxy) is 2. The monoisotopic (exact) mass is 472 g/mol. The minimum Gasteiger partial charge on any atom is -0.462 e. The van der Waals surface area contributed by atoms with Gasteiger partial charge in [0.15, 0.2) is 0 Å². The van der Waals surface area contributed by atoms with Crippen LogP contribution in [0.15, 0.2) is 23.8 Å². The number of hydrogen-bond donors (Lipinski definition) is 1. The normalized spacial score (nSPS) is 37.5. The first-order valence-electron chi connectivity index (χ1n) is 13.5. The molecule has 1 saturated heterocycles. The van der Waals surface area contributed by atoms with Crippen molar-refractivity contribution < 1.29 is 24.2 Å². The smallest absolute Gasteiger partial charge is 0.311 e. The van der Waals surface area contributed by atoms with Crippen LogP contribution < -0.4 is 0 Å². The van der Waals surface area contributed by atoms with Crippen LogP contribution in [0.25, 0.3) is 0 Å². The first-order chi connectivity index (χ1) is 16.0. The third kappa shape index (κ3) is 5.01. The molecule has 1 heterocycles. The van der Waals surface area contributed by atoms with Crippen LogP contribution in [0, 0.1) is 34.5 Å². The summed E-state index contributed by atoms with van der Waals surface area (Å²) in [4.78, 5) is 25.4.